The van der Waals surface area contributed by atoms with E-state index in [4.69, 9.17) is 16.3 Å². The highest BCUT2D eigenvalue weighted by molar-refractivity contribution is 7.98. The van der Waals surface area contributed by atoms with Crippen LogP contribution in [0.5, 0.6) is 0 Å². The van der Waals surface area contributed by atoms with Gasteiger partial charge in [-0.2, -0.15) is 0 Å². The summed E-state index contributed by atoms with van der Waals surface area (Å²) in [6.45, 7) is 1.73. The molecule has 0 unspecified atom stereocenters. The van der Waals surface area contributed by atoms with Gasteiger partial charge in [0, 0.05) is 12.6 Å². The smallest absolute Gasteiger partial charge is 0.190 e. The van der Waals surface area contributed by atoms with Gasteiger partial charge in [0.15, 0.2) is 5.16 Å². The molecule has 2 atom stereocenters. The second-order valence-electron chi connectivity index (χ2n) is 4.37. The van der Waals surface area contributed by atoms with Gasteiger partial charge in [-0.15, -0.1) is 0 Å². The molecule has 92 valence electrons. The van der Waals surface area contributed by atoms with Crippen LogP contribution < -0.4 is 4.90 Å². The van der Waals surface area contributed by atoms with Crippen LogP contribution >= 0.6 is 23.4 Å². The van der Waals surface area contributed by atoms with Crippen LogP contribution in [0, 0.1) is 0 Å². The van der Waals surface area contributed by atoms with Crippen molar-refractivity contribution in [3.05, 3.63) is 11.2 Å². The lowest BCUT2D eigenvalue weighted by Gasteiger charge is -2.45. The van der Waals surface area contributed by atoms with Gasteiger partial charge in [-0.1, -0.05) is 23.4 Å². The summed E-state index contributed by atoms with van der Waals surface area (Å²) in [4.78, 5) is 11.0. The van der Waals surface area contributed by atoms with Gasteiger partial charge in [0.05, 0.1) is 18.8 Å². The number of piperidine rings is 1. The molecular formula is C11H14ClN3OS. The predicted octanol–water partition coefficient (Wildman–Crippen LogP) is 2.22. The molecule has 1 aromatic heterocycles. The average Bonchev–Trinajstić information content (AvgIpc) is 2.39. The fourth-order valence-corrected chi connectivity index (χ4v) is 3.06. The van der Waals surface area contributed by atoms with Crippen LogP contribution in [0.3, 0.4) is 0 Å². The van der Waals surface area contributed by atoms with Gasteiger partial charge < -0.3 is 9.64 Å². The number of morpholine rings is 1. The number of aromatic nitrogens is 2. The van der Waals surface area contributed by atoms with Crippen molar-refractivity contribution in [1.82, 2.24) is 9.97 Å². The Hall–Kier alpha value is -0.520. The lowest BCUT2D eigenvalue weighted by atomic mass is 9.97. The van der Waals surface area contributed by atoms with Gasteiger partial charge in [-0.05, 0) is 19.1 Å². The van der Waals surface area contributed by atoms with Crippen molar-refractivity contribution in [2.75, 3.05) is 24.3 Å². The Kier molecular flexibility index (Phi) is 3.15. The first-order valence-electron chi connectivity index (χ1n) is 5.73. The van der Waals surface area contributed by atoms with Crippen molar-refractivity contribution in [2.45, 2.75) is 30.1 Å². The average molecular weight is 272 g/mol. The molecule has 3 aliphatic rings. The molecule has 0 saturated carbocycles. The van der Waals surface area contributed by atoms with Gasteiger partial charge >= 0.3 is 0 Å². The minimum absolute atomic E-state index is 0.353. The summed E-state index contributed by atoms with van der Waals surface area (Å²) in [5.74, 6) is 0.937. The highest BCUT2D eigenvalue weighted by Crippen LogP contribution is 2.31. The zero-order chi connectivity index (χ0) is 11.8. The van der Waals surface area contributed by atoms with E-state index in [9.17, 15) is 0 Å². The zero-order valence-electron chi connectivity index (χ0n) is 9.60. The molecule has 0 amide bonds. The van der Waals surface area contributed by atoms with Crippen LogP contribution in [0.4, 0.5) is 5.82 Å². The standard InChI is InChI=1S/C11H14ClN3OS/c1-17-11-13-9(12)4-10(14-11)15-5-8-3-2-7(15)6-16-8/h4,7-8H,2-3,5-6H2,1H3/t7-,8-/m0/s1. The van der Waals surface area contributed by atoms with Gasteiger partial charge in [-0.25, -0.2) is 9.97 Å². The highest BCUT2D eigenvalue weighted by Gasteiger charge is 2.35. The summed E-state index contributed by atoms with van der Waals surface area (Å²) in [6, 6.07) is 2.29. The van der Waals surface area contributed by atoms with E-state index in [0.29, 0.717) is 17.3 Å². The molecule has 3 saturated heterocycles. The van der Waals surface area contributed by atoms with E-state index in [-0.39, 0.29) is 0 Å². The van der Waals surface area contributed by atoms with E-state index in [1.807, 2.05) is 12.3 Å². The highest BCUT2D eigenvalue weighted by atomic mass is 35.5. The predicted molar refractivity (Wildman–Crippen MR) is 68.9 cm³/mol. The Morgan fingerprint density at radius 1 is 1.47 bits per heavy atom. The van der Waals surface area contributed by atoms with Crippen molar-refractivity contribution in [1.29, 1.82) is 0 Å². The molecule has 3 fully saturated rings. The first kappa shape index (κ1) is 11.6. The molecule has 4 heterocycles. The SMILES string of the molecule is CSc1nc(Cl)cc(N2C[C@@H]3CC[C@H]2CO3)n1. The van der Waals surface area contributed by atoms with Gasteiger partial charge in [-0.3, -0.25) is 0 Å². The fraction of sp³-hybridized carbons (Fsp3) is 0.636. The number of fused-ring (bicyclic) bond motifs is 3. The number of rotatable bonds is 2. The van der Waals surface area contributed by atoms with E-state index < -0.39 is 0 Å². The second-order valence-corrected chi connectivity index (χ2v) is 5.54. The quantitative estimate of drug-likeness (QED) is 0.468. The van der Waals surface area contributed by atoms with E-state index in [1.165, 1.54) is 18.2 Å². The van der Waals surface area contributed by atoms with Crippen LogP contribution in [0.1, 0.15) is 12.8 Å². The largest absolute Gasteiger partial charge is 0.374 e. The zero-order valence-corrected chi connectivity index (χ0v) is 11.2. The Bertz CT molecular complexity index is 423. The third kappa shape index (κ3) is 2.23. The van der Waals surface area contributed by atoms with Gasteiger partial charge in [0.1, 0.15) is 11.0 Å². The Morgan fingerprint density at radius 3 is 2.94 bits per heavy atom. The number of hydrogen-bond acceptors (Lipinski definition) is 5. The minimum atomic E-state index is 0.353. The van der Waals surface area contributed by atoms with Crippen molar-refractivity contribution < 1.29 is 4.74 Å². The molecule has 1 aromatic rings. The summed E-state index contributed by atoms with van der Waals surface area (Å²) in [6.07, 6.45) is 4.66. The van der Waals surface area contributed by atoms with Crippen LogP contribution in [-0.2, 0) is 4.74 Å². The molecule has 3 aliphatic heterocycles. The van der Waals surface area contributed by atoms with Crippen LogP contribution in [0.2, 0.25) is 5.15 Å². The fourth-order valence-electron chi connectivity index (χ4n) is 2.45. The Labute approximate surface area is 110 Å². The third-order valence-corrected chi connectivity index (χ3v) is 4.07. The number of nitrogens with zero attached hydrogens (tertiary/aromatic N) is 3. The monoisotopic (exact) mass is 271 g/mol. The van der Waals surface area contributed by atoms with Crippen molar-refractivity contribution in [3.8, 4) is 0 Å². The molecule has 0 spiro atoms. The van der Waals surface area contributed by atoms with Crippen molar-refractivity contribution in [3.63, 3.8) is 0 Å². The van der Waals surface area contributed by atoms with Crippen LogP contribution in [0.25, 0.3) is 0 Å². The molecule has 6 heteroatoms. The molecule has 4 nitrogen and oxygen atoms in total. The minimum Gasteiger partial charge on any atom is -0.374 e. The van der Waals surface area contributed by atoms with Crippen molar-refractivity contribution in [2.24, 2.45) is 0 Å². The maximum Gasteiger partial charge on any atom is 0.190 e. The van der Waals surface area contributed by atoms with Gasteiger partial charge in [0.25, 0.3) is 0 Å². The first-order chi connectivity index (χ1) is 8.26. The maximum absolute atomic E-state index is 6.03. The molecule has 17 heavy (non-hydrogen) atoms. The van der Waals surface area contributed by atoms with Crippen molar-refractivity contribution >= 4 is 29.2 Å². The number of anilines is 1. The number of thioether (sulfide) groups is 1. The summed E-state index contributed by atoms with van der Waals surface area (Å²) in [7, 11) is 0. The molecule has 0 aliphatic carbocycles. The molecule has 0 aromatic carbocycles. The molecular weight excluding hydrogens is 258 g/mol. The normalized spacial score (nSPS) is 27.5. The number of ether oxygens (including phenoxy) is 1. The van der Waals surface area contributed by atoms with E-state index in [0.717, 1.165) is 30.5 Å². The van der Waals surface area contributed by atoms with E-state index >= 15 is 0 Å². The third-order valence-electron chi connectivity index (χ3n) is 3.32. The maximum atomic E-state index is 6.03. The van der Waals surface area contributed by atoms with Gasteiger partial charge in [0.2, 0.25) is 0 Å². The lowest BCUT2D eigenvalue weighted by Crippen LogP contribution is -2.54. The number of hydrogen-bond donors (Lipinski definition) is 0. The van der Waals surface area contributed by atoms with E-state index in [2.05, 4.69) is 14.9 Å². The van der Waals surface area contributed by atoms with Crippen LogP contribution in [-0.4, -0.2) is 41.5 Å². The summed E-state index contributed by atoms with van der Waals surface area (Å²) in [5.41, 5.74) is 0. The summed E-state index contributed by atoms with van der Waals surface area (Å²) >= 11 is 7.54. The second kappa shape index (κ2) is 4.63. The Morgan fingerprint density at radius 2 is 2.35 bits per heavy atom. The number of halogens is 1. The topological polar surface area (TPSA) is 38.2 Å². The first-order valence-corrected chi connectivity index (χ1v) is 7.33. The molecule has 2 bridgehead atoms. The summed E-state index contributed by atoms with van der Waals surface area (Å²) < 4.78 is 5.69. The summed E-state index contributed by atoms with van der Waals surface area (Å²) in [5, 5.41) is 1.25. The molecule has 0 N–H and O–H groups in total. The van der Waals surface area contributed by atoms with E-state index in [1.54, 1.807) is 0 Å². The molecule has 4 rings (SSSR count). The Balaban J connectivity index is 1.90. The van der Waals surface area contributed by atoms with Crippen LogP contribution in [0.15, 0.2) is 11.2 Å². The molecule has 0 radical (unpaired) electrons. The lowest BCUT2D eigenvalue weighted by molar-refractivity contribution is -0.0229.